The Morgan fingerprint density at radius 2 is 1.82 bits per heavy atom. The molecule has 2 saturated carbocycles. The molecular formula is C19H28N2O. The van der Waals surface area contributed by atoms with E-state index in [0.29, 0.717) is 18.0 Å². The predicted octanol–water partition coefficient (Wildman–Crippen LogP) is 4.33. The monoisotopic (exact) mass is 300 g/mol. The third kappa shape index (κ3) is 4.02. The van der Waals surface area contributed by atoms with E-state index in [4.69, 9.17) is 0 Å². The van der Waals surface area contributed by atoms with E-state index in [1.807, 2.05) is 18.2 Å². The van der Waals surface area contributed by atoms with E-state index >= 15 is 0 Å². The molecule has 3 rings (SSSR count). The van der Waals surface area contributed by atoms with Crippen molar-refractivity contribution in [3.63, 3.8) is 0 Å². The largest absolute Gasteiger partial charge is 0.335 e. The average molecular weight is 300 g/mol. The molecule has 120 valence electrons. The quantitative estimate of drug-likeness (QED) is 0.862. The molecule has 0 radical (unpaired) electrons. The van der Waals surface area contributed by atoms with Crippen molar-refractivity contribution in [1.82, 2.24) is 10.2 Å². The number of carbonyl (C=O) groups excluding carboxylic acids is 1. The molecule has 1 aromatic rings. The van der Waals surface area contributed by atoms with Gasteiger partial charge < -0.3 is 10.2 Å². The molecule has 0 heterocycles. The van der Waals surface area contributed by atoms with Gasteiger partial charge >= 0.3 is 6.03 Å². The Morgan fingerprint density at radius 1 is 1.14 bits per heavy atom. The van der Waals surface area contributed by atoms with E-state index < -0.39 is 0 Å². The molecule has 0 aromatic heterocycles. The Labute approximate surface area is 134 Å². The lowest BCUT2D eigenvalue weighted by atomic mass is 9.95. The second-order valence-corrected chi connectivity index (χ2v) is 6.98. The Hall–Kier alpha value is -1.51. The molecule has 3 heteroatoms. The maximum absolute atomic E-state index is 12.8. The van der Waals surface area contributed by atoms with Crippen molar-refractivity contribution in [3.8, 4) is 0 Å². The molecule has 2 aliphatic rings. The zero-order chi connectivity index (χ0) is 15.4. The van der Waals surface area contributed by atoms with Gasteiger partial charge in [0.25, 0.3) is 0 Å². The number of urea groups is 1. The van der Waals surface area contributed by atoms with Crippen LogP contribution >= 0.6 is 0 Å². The number of amides is 2. The minimum atomic E-state index is 0.134. The normalized spacial score (nSPS) is 20.4. The molecule has 0 aliphatic heterocycles. The highest BCUT2D eigenvalue weighted by Crippen LogP contribution is 2.35. The minimum Gasteiger partial charge on any atom is -0.335 e. The van der Waals surface area contributed by atoms with Crippen LogP contribution in [0.3, 0.4) is 0 Å². The van der Waals surface area contributed by atoms with Crippen LogP contribution < -0.4 is 5.32 Å². The van der Waals surface area contributed by atoms with Crippen LogP contribution in [0.5, 0.6) is 0 Å². The lowest BCUT2D eigenvalue weighted by Gasteiger charge is -2.32. The molecular weight excluding hydrogens is 272 g/mol. The van der Waals surface area contributed by atoms with Crippen LogP contribution in [0.2, 0.25) is 0 Å². The summed E-state index contributed by atoms with van der Waals surface area (Å²) < 4.78 is 0. The number of hydrogen-bond acceptors (Lipinski definition) is 1. The molecule has 1 N–H and O–H groups in total. The Bertz CT molecular complexity index is 477. The van der Waals surface area contributed by atoms with Gasteiger partial charge in [0.05, 0.1) is 0 Å². The highest BCUT2D eigenvalue weighted by molar-refractivity contribution is 5.75. The van der Waals surface area contributed by atoms with Gasteiger partial charge in [0.2, 0.25) is 0 Å². The van der Waals surface area contributed by atoms with Crippen LogP contribution in [0.4, 0.5) is 4.79 Å². The SMILES string of the molecule is CC(C1CC1)N(Cc1ccccc1)C(=O)NC1CCCCC1. The summed E-state index contributed by atoms with van der Waals surface area (Å²) in [5.41, 5.74) is 1.22. The molecule has 1 atom stereocenters. The van der Waals surface area contributed by atoms with Crippen LogP contribution in [0, 0.1) is 5.92 Å². The van der Waals surface area contributed by atoms with Gasteiger partial charge in [0, 0.05) is 18.6 Å². The fourth-order valence-corrected chi connectivity index (χ4v) is 3.52. The van der Waals surface area contributed by atoms with Gasteiger partial charge in [0.15, 0.2) is 0 Å². The van der Waals surface area contributed by atoms with E-state index in [9.17, 15) is 4.79 Å². The minimum absolute atomic E-state index is 0.134. The molecule has 0 spiro atoms. The van der Waals surface area contributed by atoms with Crippen LogP contribution in [0.15, 0.2) is 30.3 Å². The van der Waals surface area contributed by atoms with Crippen molar-refractivity contribution in [3.05, 3.63) is 35.9 Å². The molecule has 1 unspecified atom stereocenters. The second kappa shape index (κ2) is 7.17. The van der Waals surface area contributed by atoms with Crippen LogP contribution in [-0.4, -0.2) is 23.0 Å². The Kier molecular flexibility index (Phi) is 5.01. The maximum Gasteiger partial charge on any atom is 0.318 e. The molecule has 2 amide bonds. The van der Waals surface area contributed by atoms with E-state index in [1.54, 1.807) is 0 Å². The number of benzene rings is 1. The molecule has 0 saturated heterocycles. The van der Waals surface area contributed by atoms with Crippen molar-refractivity contribution in [2.24, 2.45) is 5.92 Å². The summed E-state index contributed by atoms with van der Waals surface area (Å²) in [5, 5.41) is 3.29. The number of carbonyl (C=O) groups is 1. The zero-order valence-electron chi connectivity index (χ0n) is 13.6. The van der Waals surface area contributed by atoms with Gasteiger partial charge in [-0.2, -0.15) is 0 Å². The van der Waals surface area contributed by atoms with Crippen molar-refractivity contribution in [1.29, 1.82) is 0 Å². The first-order valence-corrected chi connectivity index (χ1v) is 8.85. The first-order chi connectivity index (χ1) is 10.7. The highest BCUT2D eigenvalue weighted by Gasteiger charge is 2.34. The van der Waals surface area contributed by atoms with Gasteiger partial charge in [-0.05, 0) is 44.1 Å². The number of nitrogens with one attached hydrogen (secondary N) is 1. The molecule has 22 heavy (non-hydrogen) atoms. The molecule has 0 bridgehead atoms. The number of hydrogen-bond donors (Lipinski definition) is 1. The summed E-state index contributed by atoms with van der Waals surface area (Å²) >= 11 is 0. The topological polar surface area (TPSA) is 32.3 Å². The van der Waals surface area contributed by atoms with E-state index in [1.165, 1.54) is 37.7 Å². The van der Waals surface area contributed by atoms with E-state index in [0.717, 1.165) is 19.4 Å². The summed E-state index contributed by atoms with van der Waals surface area (Å²) in [4.78, 5) is 14.9. The van der Waals surface area contributed by atoms with Gasteiger partial charge in [-0.25, -0.2) is 4.79 Å². The molecule has 2 aliphatic carbocycles. The van der Waals surface area contributed by atoms with Crippen LogP contribution in [-0.2, 0) is 6.54 Å². The first kappa shape index (κ1) is 15.4. The van der Waals surface area contributed by atoms with Gasteiger partial charge in [0.1, 0.15) is 0 Å². The molecule has 2 fully saturated rings. The third-order valence-corrected chi connectivity index (χ3v) is 5.19. The highest BCUT2D eigenvalue weighted by atomic mass is 16.2. The average Bonchev–Trinajstić information content (AvgIpc) is 3.39. The van der Waals surface area contributed by atoms with Gasteiger partial charge in [-0.1, -0.05) is 49.6 Å². The molecule has 1 aromatic carbocycles. The summed E-state index contributed by atoms with van der Waals surface area (Å²) in [7, 11) is 0. The Balaban J connectivity index is 1.65. The lowest BCUT2D eigenvalue weighted by Crippen LogP contribution is -2.49. The third-order valence-electron chi connectivity index (χ3n) is 5.19. The summed E-state index contributed by atoms with van der Waals surface area (Å²) in [6.07, 6.45) is 8.64. The van der Waals surface area contributed by atoms with Crippen molar-refractivity contribution in [2.75, 3.05) is 0 Å². The molecule has 3 nitrogen and oxygen atoms in total. The van der Waals surface area contributed by atoms with Crippen LogP contribution in [0.1, 0.15) is 57.4 Å². The van der Waals surface area contributed by atoms with Gasteiger partial charge in [-0.15, -0.1) is 0 Å². The van der Waals surface area contributed by atoms with Crippen molar-refractivity contribution < 1.29 is 4.79 Å². The van der Waals surface area contributed by atoms with Gasteiger partial charge in [-0.3, -0.25) is 0 Å². The first-order valence-electron chi connectivity index (χ1n) is 8.85. The number of nitrogens with zero attached hydrogens (tertiary/aromatic N) is 1. The smallest absolute Gasteiger partial charge is 0.318 e. The van der Waals surface area contributed by atoms with Crippen LogP contribution in [0.25, 0.3) is 0 Å². The second-order valence-electron chi connectivity index (χ2n) is 6.98. The van der Waals surface area contributed by atoms with E-state index in [2.05, 4.69) is 29.3 Å². The van der Waals surface area contributed by atoms with E-state index in [-0.39, 0.29) is 6.03 Å². The fraction of sp³-hybridized carbons (Fsp3) is 0.632. The number of rotatable bonds is 5. The Morgan fingerprint density at radius 3 is 2.45 bits per heavy atom. The van der Waals surface area contributed by atoms with Crippen molar-refractivity contribution >= 4 is 6.03 Å². The predicted molar refractivity (Wildman–Crippen MR) is 89.6 cm³/mol. The summed E-state index contributed by atoms with van der Waals surface area (Å²) in [6, 6.07) is 11.2. The lowest BCUT2D eigenvalue weighted by molar-refractivity contribution is 0.161. The van der Waals surface area contributed by atoms with Crippen molar-refractivity contribution in [2.45, 2.75) is 70.5 Å². The fourth-order valence-electron chi connectivity index (χ4n) is 3.52. The standard InChI is InChI=1S/C19H28N2O/c1-15(17-12-13-17)21(14-16-8-4-2-5-9-16)19(22)20-18-10-6-3-7-11-18/h2,4-5,8-9,15,17-18H,3,6-7,10-14H2,1H3,(H,20,22). The zero-order valence-corrected chi connectivity index (χ0v) is 13.6. The maximum atomic E-state index is 12.8. The summed E-state index contributed by atoms with van der Waals surface area (Å²) in [5.74, 6) is 0.695. The summed E-state index contributed by atoms with van der Waals surface area (Å²) in [6.45, 7) is 2.93.